The van der Waals surface area contributed by atoms with Crippen LogP contribution in [0.15, 0.2) is 12.2 Å². The van der Waals surface area contributed by atoms with Crippen molar-refractivity contribution >= 4 is 31.2 Å². The van der Waals surface area contributed by atoms with Crippen LogP contribution in [0.3, 0.4) is 0 Å². The fourth-order valence-electron chi connectivity index (χ4n) is 3.08. The lowest BCUT2D eigenvalue weighted by molar-refractivity contribution is -0.141. The second-order valence-electron chi connectivity index (χ2n) is 9.85. The van der Waals surface area contributed by atoms with Gasteiger partial charge in [-0.2, -0.15) is 0 Å². The zero-order chi connectivity index (χ0) is 22.7. The fourth-order valence-corrected chi connectivity index (χ4v) is 15.6. The van der Waals surface area contributed by atoms with Crippen molar-refractivity contribution in [3.8, 4) is 0 Å². The van der Waals surface area contributed by atoms with Gasteiger partial charge in [-0.05, 0) is 78.1 Å². The van der Waals surface area contributed by atoms with E-state index in [4.69, 9.17) is 22.8 Å². The van der Waals surface area contributed by atoms with E-state index in [2.05, 4.69) is 52.4 Å². The second kappa shape index (κ2) is 13.2. The fraction of sp³-hybridized carbons (Fsp3) is 0.850. The van der Waals surface area contributed by atoms with Crippen molar-refractivity contribution in [2.24, 2.45) is 5.92 Å². The Morgan fingerprint density at radius 2 is 1.52 bits per heavy atom. The maximum absolute atomic E-state index is 11.6. The lowest BCUT2D eigenvalue weighted by Crippen LogP contribution is -2.52. The van der Waals surface area contributed by atoms with Gasteiger partial charge in [0.15, 0.2) is 16.6 Å². The van der Waals surface area contributed by atoms with E-state index in [1.807, 2.05) is 0 Å². The van der Waals surface area contributed by atoms with Gasteiger partial charge in [-0.1, -0.05) is 6.58 Å². The minimum Gasteiger partial charge on any atom is -0.462 e. The zero-order valence-electron chi connectivity index (χ0n) is 19.9. The largest absolute Gasteiger partial charge is 0.462 e. The molecule has 0 saturated heterocycles. The predicted octanol–water partition coefficient (Wildman–Crippen LogP) is 4.68. The summed E-state index contributed by atoms with van der Waals surface area (Å²) in [6.45, 7) is 22.2. The van der Waals surface area contributed by atoms with Crippen molar-refractivity contribution in [1.29, 1.82) is 0 Å². The highest BCUT2D eigenvalue weighted by Gasteiger charge is 2.39. The maximum atomic E-state index is 11.6. The molecule has 1 unspecified atom stereocenters. The van der Waals surface area contributed by atoms with E-state index in [1.165, 1.54) is 0 Å². The summed E-state index contributed by atoms with van der Waals surface area (Å²) in [5.41, 5.74) is 0.390. The van der Waals surface area contributed by atoms with Gasteiger partial charge in [-0.3, -0.25) is 0 Å². The van der Waals surface area contributed by atoms with Crippen LogP contribution in [-0.2, 0) is 22.5 Å². The molecule has 0 aromatic carbocycles. The first-order valence-corrected chi connectivity index (χ1v) is 19.9. The van der Waals surface area contributed by atoms with Gasteiger partial charge >= 0.3 is 14.5 Å². The molecule has 0 aromatic rings. The molecule has 29 heavy (non-hydrogen) atoms. The molecular formula is C20H44O6Si3. The van der Waals surface area contributed by atoms with Crippen LogP contribution in [0, 0.1) is 5.92 Å². The standard InChI is InChI=1S/C20H44O6Si3/c1-18(2)20(22)24-17-19(12-10-13-21)16-23-14-11-15-29(9,25-27(3,4)5)26-28(6,7)8/h19,21H,1,10-17H2,2-9H3. The molecule has 0 aliphatic rings. The quantitative estimate of drug-likeness (QED) is 0.155. The van der Waals surface area contributed by atoms with Gasteiger partial charge < -0.3 is 22.8 Å². The summed E-state index contributed by atoms with van der Waals surface area (Å²) in [5.74, 6) is -0.307. The van der Waals surface area contributed by atoms with E-state index in [9.17, 15) is 4.79 Å². The van der Waals surface area contributed by atoms with Crippen LogP contribution in [0.2, 0.25) is 51.9 Å². The first kappa shape index (κ1) is 28.7. The highest BCUT2D eigenvalue weighted by Crippen LogP contribution is 2.25. The number of rotatable bonds is 16. The third kappa shape index (κ3) is 16.1. The van der Waals surface area contributed by atoms with E-state index in [1.54, 1.807) is 6.92 Å². The minimum atomic E-state index is -2.23. The van der Waals surface area contributed by atoms with Gasteiger partial charge in [0.1, 0.15) is 0 Å². The van der Waals surface area contributed by atoms with Gasteiger partial charge in [-0.15, -0.1) is 0 Å². The molecule has 0 rings (SSSR count). The zero-order valence-corrected chi connectivity index (χ0v) is 22.9. The smallest absolute Gasteiger partial charge is 0.333 e. The summed E-state index contributed by atoms with van der Waals surface area (Å²) in [7, 11) is -5.60. The molecule has 0 amide bonds. The highest BCUT2D eigenvalue weighted by atomic mass is 28.5. The van der Waals surface area contributed by atoms with Crippen LogP contribution in [0.1, 0.15) is 26.2 Å². The minimum absolute atomic E-state index is 0.0746. The molecule has 0 heterocycles. The summed E-state index contributed by atoms with van der Waals surface area (Å²) in [5, 5.41) is 9.09. The van der Waals surface area contributed by atoms with Crippen LogP contribution < -0.4 is 0 Å². The summed E-state index contributed by atoms with van der Waals surface area (Å²) in [6, 6.07) is 0.910. The van der Waals surface area contributed by atoms with Crippen LogP contribution >= 0.6 is 0 Å². The van der Waals surface area contributed by atoms with Gasteiger partial charge in [-0.25, -0.2) is 4.79 Å². The van der Waals surface area contributed by atoms with Gasteiger partial charge in [0.2, 0.25) is 0 Å². The Balaban J connectivity index is 4.54. The molecule has 0 aromatic heterocycles. The van der Waals surface area contributed by atoms with Crippen LogP contribution in [0.4, 0.5) is 0 Å². The van der Waals surface area contributed by atoms with Crippen molar-refractivity contribution in [3.63, 3.8) is 0 Å². The number of aliphatic hydroxyl groups is 1. The first-order chi connectivity index (χ1) is 13.2. The van der Waals surface area contributed by atoms with Crippen molar-refractivity contribution in [2.75, 3.05) is 26.4 Å². The number of ether oxygens (including phenoxy) is 2. The third-order valence-electron chi connectivity index (χ3n) is 3.89. The van der Waals surface area contributed by atoms with Crippen molar-refractivity contribution in [1.82, 2.24) is 0 Å². The SMILES string of the molecule is C=C(C)C(=O)OCC(CCCO)COCCC[Si](C)(O[Si](C)(C)C)O[Si](C)(C)C. The summed E-state index contributed by atoms with van der Waals surface area (Å²) in [4.78, 5) is 11.6. The van der Waals surface area contributed by atoms with E-state index in [0.29, 0.717) is 25.2 Å². The Bertz CT molecular complexity index is 483. The van der Waals surface area contributed by atoms with Crippen LogP contribution in [-0.4, -0.2) is 62.7 Å². The molecule has 172 valence electrons. The Kier molecular flexibility index (Phi) is 13.0. The number of hydrogen-bond donors (Lipinski definition) is 1. The monoisotopic (exact) mass is 464 g/mol. The number of aliphatic hydroxyl groups excluding tert-OH is 1. The Hall–Kier alpha value is -0.299. The number of hydrogen-bond acceptors (Lipinski definition) is 6. The van der Waals surface area contributed by atoms with Crippen molar-refractivity contribution in [3.05, 3.63) is 12.2 Å². The third-order valence-corrected chi connectivity index (χ3v) is 13.5. The lowest BCUT2D eigenvalue weighted by Gasteiger charge is -2.38. The van der Waals surface area contributed by atoms with Gasteiger partial charge in [0.25, 0.3) is 0 Å². The molecule has 0 radical (unpaired) electrons. The number of carbonyl (C=O) groups excluding carboxylic acids is 1. The molecule has 1 N–H and O–H groups in total. The predicted molar refractivity (Wildman–Crippen MR) is 126 cm³/mol. The average Bonchev–Trinajstić information content (AvgIpc) is 2.52. The lowest BCUT2D eigenvalue weighted by atomic mass is 10.1. The molecule has 0 bridgehead atoms. The molecule has 0 aliphatic heterocycles. The summed E-state index contributed by atoms with van der Waals surface area (Å²) < 4.78 is 24.2. The average molecular weight is 465 g/mol. The molecule has 0 fully saturated rings. The Labute approximate surface area is 181 Å². The summed E-state index contributed by atoms with van der Waals surface area (Å²) in [6.07, 6.45) is 2.30. The van der Waals surface area contributed by atoms with Gasteiger partial charge in [0.05, 0.1) is 13.2 Å². The van der Waals surface area contributed by atoms with Crippen LogP contribution in [0.5, 0.6) is 0 Å². The first-order valence-electron chi connectivity index (χ1n) is 10.6. The summed E-state index contributed by atoms with van der Waals surface area (Å²) >= 11 is 0. The highest BCUT2D eigenvalue weighted by molar-refractivity contribution is 6.87. The van der Waals surface area contributed by atoms with E-state index in [0.717, 1.165) is 18.9 Å². The number of esters is 1. The molecule has 6 nitrogen and oxygen atoms in total. The molecule has 9 heteroatoms. The van der Waals surface area contributed by atoms with Crippen molar-refractivity contribution < 1.29 is 27.6 Å². The molecular weight excluding hydrogens is 420 g/mol. The molecule has 1 atom stereocenters. The van der Waals surface area contributed by atoms with E-state index >= 15 is 0 Å². The molecule has 0 spiro atoms. The van der Waals surface area contributed by atoms with Crippen molar-refractivity contribution in [2.45, 2.75) is 78.1 Å². The topological polar surface area (TPSA) is 74.2 Å². The maximum Gasteiger partial charge on any atom is 0.333 e. The normalized spacial score (nSPS) is 14.0. The van der Waals surface area contributed by atoms with Crippen LogP contribution in [0.25, 0.3) is 0 Å². The molecule has 0 saturated carbocycles. The van der Waals surface area contributed by atoms with E-state index in [-0.39, 0.29) is 25.1 Å². The van der Waals surface area contributed by atoms with E-state index < -0.39 is 25.2 Å². The molecule has 0 aliphatic carbocycles. The van der Waals surface area contributed by atoms with Gasteiger partial charge in [0, 0.05) is 24.7 Å². The Morgan fingerprint density at radius 3 is 1.97 bits per heavy atom. The second-order valence-corrected chi connectivity index (χ2v) is 22.7. The Morgan fingerprint density at radius 1 is 0.966 bits per heavy atom. The number of carbonyl (C=O) groups is 1.